The van der Waals surface area contributed by atoms with Crippen molar-refractivity contribution in [1.82, 2.24) is 14.7 Å². The zero-order valence-corrected chi connectivity index (χ0v) is 15.7. The summed E-state index contributed by atoms with van der Waals surface area (Å²) >= 11 is 0. The van der Waals surface area contributed by atoms with Gasteiger partial charge in [-0.1, -0.05) is 25.5 Å². The van der Waals surface area contributed by atoms with Crippen molar-refractivity contribution >= 4 is 22.4 Å². The number of nitro benzene ring substituents is 1. The van der Waals surface area contributed by atoms with Crippen LogP contribution in [0.3, 0.4) is 0 Å². The minimum atomic E-state index is -0.441. The Morgan fingerprint density at radius 2 is 2.00 bits per heavy atom. The van der Waals surface area contributed by atoms with Crippen molar-refractivity contribution in [2.75, 3.05) is 11.9 Å². The van der Waals surface area contributed by atoms with E-state index in [9.17, 15) is 14.9 Å². The molecule has 0 unspecified atom stereocenters. The molecule has 1 aromatic carbocycles. The van der Waals surface area contributed by atoms with Crippen molar-refractivity contribution in [3.8, 4) is 0 Å². The number of fused-ring (bicyclic) bond motifs is 1. The highest BCUT2D eigenvalue weighted by molar-refractivity contribution is 5.90. The molecule has 0 atom stereocenters. The number of anilines is 1. The maximum absolute atomic E-state index is 12.6. The number of nitrogens with one attached hydrogen (secondary N) is 1. The molecule has 0 bridgehead atoms. The monoisotopic (exact) mass is 383 g/mol. The second-order valence-corrected chi connectivity index (χ2v) is 6.31. The van der Waals surface area contributed by atoms with E-state index in [0.717, 1.165) is 18.4 Å². The summed E-state index contributed by atoms with van der Waals surface area (Å²) < 4.78 is 1.21. The number of non-ortho nitro benzene ring substituents is 1. The normalized spacial score (nSPS) is 10.8. The summed E-state index contributed by atoms with van der Waals surface area (Å²) in [7, 11) is 0. The Morgan fingerprint density at radius 3 is 2.68 bits per heavy atom. The number of nitro groups is 1. The van der Waals surface area contributed by atoms with Gasteiger partial charge >= 0.3 is 0 Å². The number of unbranched alkanes of at least 4 members (excludes halogenated alkanes) is 1. The third-order valence-electron chi connectivity index (χ3n) is 4.29. The van der Waals surface area contributed by atoms with Crippen LogP contribution < -0.4 is 15.7 Å². The van der Waals surface area contributed by atoms with E-state index in [2.05, 4.69) is 15.3 Å². The fraction of sp³-hybridized carbons (Fsp3) is 0.316. The first-order chi connectivity index (χ1) is 13.5. The molecule has 0 aliphatic rings. The fourth-order valence-corrected chi connectivity index (χ4v) is 2.79. The van der Waals surface area contributed by atoms with Gasteiger partial charge in [-0.3, -0.25) is 14.9 Å². The molecule has 0 amide bonds. The second-order valence-electron chi connectivity index (χ2n) is 6.31. The van der Waals surface area contributed by atoms with Crippen LogP contribution in [0.15, 0.2) is 41.5 Å². The lowest BCUT2D eigenvalue weighted by molar-refractivity contribution is -0.384. The highest BCUT2D eigenvalue weighted by Gasteiger charge is 2.14. The summed E-state index contributed by atoms with van der Waals surface area (Å²) in [4.78, 5) is 37.0. The van der Waals surface area contributed by atoms with Crippen LogP contribution in [0.1, 0.15) is 31.0 Å². The average molecular weight is 383 g/mol. The number of pyridine rings is 1. The Balaban J connectivity index is 1.91. The predicted octanol–water partition coefficient (Wildman–Crippen LogP) is 2.85. The van der Waals surface area contributed by atoms with Crippen LogP contribution in [0.5, 0.6) is 0 Å². The fourth-order valence-electron chi connectivity index (χ4n) is 2.79. The van der Waals surface area contributed by atoms with Gasteiger partial charge in [0.25, 0.3) is 11.2 Å². The molecule has 0 aliphatic heterocycles. The zero-order valence-electron chi connectivity index (χ0n) is 15.7. The van der Waals surface area contributed by atoms with Crippen LogP contribution >= 0.6 is 0 Å². The Morgan fingerprint density at radius 1 is 1.25 bits per heavy atom. The molecular formula is C19H21N5O4. The van der Waals surface area contributed by atoms with Crippen LogP contribution in [0.25, 0.3) is 11.0 Å². The van der Waals surface area contributed by atoms with Crippen molar-refractivity contribution in [2.45, 2.75) is 33.2 Å². The van der Waals surface area contributed by atoms with Crippen molar-refractivity contribution in [3.63, 3.8) is 0 Å². The van der Waals surface area contributed by atoms with Gasteiger partial charge in [-0.25, -0.2) is 9.97 Å². The standard InChI is InChI=1S/C19H21N5O4/c1-3-4-9-28-23-17(25)10-16(18-13(2)21-12-22-19(18)23)20-11-14-5-7-15(8-6-14)24(26)27/h5-8,10,12,20H,3-4,9,11H2,1-2H3. The molecule has 0 fully saturated rings. The second kappa shape index (κ2) is 8.47. The molecule has 28 heavy (non-hydrogen) atoms. The summed E-state index contributed by atoms with van der Waals surface area (Å²) in [6.45, 7) is 4.69. The van der Waals surface area contributed by atoms with E-state index >= 15 is 0 Å². The van der Waals surface area contributed by atoms with E-state index in [1.54, 1.807) is 12.1 Å². The zero-order chi connectivity index (χ0) is 20.1. The molecule has 1 N–H and O–H groups in total. The summed E-state index contributed by atoms with van der Waals surface area (Å²) in [6.07, 6.45) is 3.19. The van der Waals surface area contributed by atoms with E-state index in [1.807, 2.05) is 13.8 Å². The van der Waals surface area contributed by atoms with Gasteiger partial charge in [-0.15, -0.1) is 4.73 Å². The van der Waals surface area contributed by atoms with Crippen molar-refractivity contribution < 1.29 is 9.76 Å². The molecule has 2 heterocycles. The third-order valence-corrected chi connectivity index (χ3v) is 4.29. The molecular weight excluding hydrogens is 362 g/mol. The Labute approximate surface area is 161 Å². The van der Waals surface area contributed by atoms with Crippen LogP contribution in [-0.4, -0.2) is 26.2 Å². The smallest absolute Gasteiger partial charge is 0.287 e. The van der Waals surface area contributed by atoms with E-state index in [-0.39, 0.29) is 11.2 Å². The first kappa shape index (κ1) is 19.3. The maximum Gasteiger partial charge on any atom is 0.287 e. The molecule has 9 nitrogen and oxygen atoms in total. The molecule has 0 spiro atoms. The molecule has 146 valence electrons. The minimum absolute atomic E-state index is 0.0327. The topological polar surface area (TPSA) is 112 Å². The molecule has 2 aromatic heterocycles. The molecule has 9 heteroatoms. The molecule has 0 radical (unpaired) electrons. The summed E-state index contributed by atoms with van der Waals surface area (Å²) in [5.41, 5.74) is 2.26. The van der Waals surface area contributed by atoms with Crippen LogP contribution in [0.2, 0.25) is 0 Å². The lowest BCUT2D eigenvalue weighted by Gasteiger charge is -2.15. The van der Waals surface area contributed by atoms with Crippen molar-refractivity contribution in [3.05, 3.63) is 68.4 Å². The van der Waals surface area contributed by atoms with Crippen molar-refractivity contribution in [2.24, 2.45) is 0 Å². The summed E-state index contributed by atoms with van der Waals surface area (Å²) in [5.74, 6) is 0. The number of hydrogen-bond acceptors (Lipinski definition) is 7. The summed E-state index contributed by atoms with van der Waals surface area (Å²) in [6, 6.07) is 7.69. The number of aryl methyl sites for hydroxylation is 1. The van der Waals surface area contributed by atoms with Gasteiger partial charge < -0.3 is 10.2 Å². The van der Waals surface area contributed by atoms with Gasteiger partial charge in [0.1, 0.15) is 12.9 Å². The van der Waals surface area contributed by atoms with E-state index < -0.39 is 4.92 Å². The van der Waals surface area contributed by atoms with Crippen LogP contribution in [-0.2, 0) is 6.54 Å². The first-order valence-corrected chi connectivity index (χ1v) is 8.99. The van der Waals surface area contributed by atoms with Gasteiger partial charge in [-0.05, 0) is 18.9 Å². The lowest BCUT2D eigenvalue weighted by Crippen LogP contribution is -2.29. The highest BCUT2D eigenvalue weighted by Crippen LogP contribution is 2.23. The van der Waals surface area contributed by atoms with Crippen LogP contribution in [0, 0.1) is 17.0 Å². The number of rotatable bonds is 8. The molecule has 3 rings (SSSR count). The van der Waals surface area contributed by atoms with Crippen LogP contribution in [0.4, 0.5) is 11.4 Å². The minimum Gasteiger partial charge on any atom is -0.409 e. The molecule has 0 aliphatic carbocycles. The number of hydrogen-bond donors (Lipinski definition) is 1. The molecule has 0 saturated heterocycles. The first-order valence-electron chi connectivity index (χ1n) is 8.99. The van der Waals surface area contributed by atoms with Gasteiger partial charge in [0.05, 0.1) is 21.7 Å². The SMILES string of the molecule is CCCCOn1c(=O)cc(NCc2ccc([N+](=O)[O-])cc2)c2c(C)ncnc21. The molecule has 0 saturated carbocycles. The third kappa shape index (κ3) is 4.08. The van der Waals surface area contributed by atoms with Gasteiger partial charge in [0.2, 0.25) is 0 Å². The number of aromatic nitrogens is 3. The average Bonchev–Trinajstić information content (AvgIpc) is 2.68. The summed E-state index contributed by atoms with van der Waals surface area (Å²) in [5, 5.41) is 14.7. The van der Waals surface area contributed by atoms with Gasteiger partial charge in [-0.2, -0.15) is 0 Å². The number of benzene rings is 1. The maximum atomic E-state index is 12.6. The van der Waals surface area contributed by atoms with Gasteiger partial charge in [0, 0.05) is 24.7 Å². The quantitative estimate of drug-likeness (QED) is 0.361. The van der Waals surface area contributed by atoms with E-state index in [1.165, 1.54) is 29.3 Å². The van der Waals surface area contributed by atoms with E-state index in [4.69, 9.17) is 4.84 Å². The number of nitrogens with zero attached hydrogens (tertiary/aromatic N) is 4. The van der Waals surface area contributed by atoms with E-state index in [0.29, 0.717) is 35.6 Å². The Hall–Kier alpha value is -3.49. The Kier molecular flexibility index (Phi) is 5.83. The van der Waals surface area contributed by atoms with Crippen molar-refractivity contribution in [1.29, 1.82) is 0 Å². The molecule has 3 aromatic rings. The lowest BCUT2D eigenvalue weighted by atomic mass is 10.2. The van der Waals surface area contributed by atoms with Gasteiger partial charge in [0.15, 0.2) is 5.65 Å². The Bertz CT molecular complexity index is 1050. The largest absolute Gasteiger partial charge is 0.409 e. The predicted molar refractivity (Wildman–Crippen MR) is 105 cm³/mol. The highest BCUT2D eigenvalue weighted by atomic mass is 16.7.